The summed E-state index contributed by atoms with van der Waals surface area (Å²) in [7, 11) is 0. The summed E-state index contributed by atoms with van der Waals surface area (Å²) >= 11 is 1.44. The molecule has 0 bridgehead atoms. The molecule has 1 N–H and O–H groups in total. The molecule has 3 rings (SSSR count). The molecule has 0 spiro atoms. The van der Waals surface area contributed by atoms with Crippen LogP contribution < -0.4 is 10.2 Å². The molecule has 0 saturated carbocycles. The lowest BCUT2D eigenvalue weighted by molar-refractivity contribution is 0.0954. The number of hydrogen-bond acceptors (Lipinski definition) is 4. The van der Waals surface area contributed by atoms with E-state index in [9.17, 15) is 9.59 Å². The van der Waals surface area contributed by atoms with Gasteiger partial charge in [0.2, 0.25) is 0 Å². The SMILES string of the molecule is CC(C)(C)Cc1ncc(C(=O)N2CCNC(=O)c3ccccc32)s1. The van der Waals surface area contributed by atoms with Gasteiger partial charge in [0.1, 0.15) is 4.88 Å². The maximum absolute atomic E-state index is 13.0. The highest BCUT2D eigenvalue weighted by Gasteiger charge is 2.27. The van der Waals surface area contributed by atoms with Gasteiger partial charge in [0.05, 0.1) is 22.5 Å². The first-order valence-electron chi connectivity index (χ1n) is 7.99. The van der Waals surface area contributed by atoms with Gasteiger partial charge in [-0.15, -0.1) is 11.3 Å². The summed E-state index contributed by atoms with van der Waals surface area (Å²) in [5.74, 6) is -0.241. The number of carbonyl (C=O) groups excluding carboxylic acids is 2. The highest BCUT2D eigenvalue weighted by Crippen LogP contribution is 2.28. The van der Waals surface area contributed by atoms with E-state index in [-0.39, 0.29) is 17.2 Å². The average molecular weight is 343 g/mol. The van der Waals surface area contributed by atoms with Crippen LogP contribution in [0, 0.1) is 5.41 Å². The summed E-state index contributed by atoms with van der Waals surface area (Å²) in [4.78, 5) is 31.7. The van der Waals surface area contributed by atoms with E-state index in [4.69, 9.17) is 0 Å². The quantitative estimate of drug-likeness (QED) is 0.911. The fourth-order valence-electron chi connectivity index (χ4n) is 2.69. The summed E-state index contributed by atoms with van der Waals surface area (Å²) in [6, 6.07) is 7.21. The lowest BCUT2D eigenvalue weighted by Crippen LogP contribution is -2.34. The van der Waals surface area contributed by atoms with Crippen molar-refractivity contribution < 1.29 is 9.59 Å². The number of nitrogens with one attached hydrogen (secondary N) is 1. The first-order valence-corrected chi connectivity index (χ1v) is 8.80. The molecular weight excluding hydrogens is 322 g/mol. The van der Waals surface area contributed by atoms with E-state index in [1.807, 2.05) is 12.1 Å². The molecule has 6 heteroatoms. The van der Waals surface area contributed by atoms with Crippen LogP contribution in [0.2, 0.25) is 0 Å². The number of fused-ring (bicyclic) bond motifs is 1. The number of para-hydroxylation sites is 1. The van der Waals surface area contributed by atoms with Gasteiger partial charge in [-0.25, -0.2) is 4.98 Å². The van der Waals surface area contributed by atoms with Gasteiger partial charge in [-0.05, 0) is 17.5 Å². The fraction of sp³-hybridized carbons (Fsp3) is 0.389. The highest BCUT2D eigenvalue weighted by atomic mass is 32.1. The molecule has 1 aliphatic heterocycles. The summed E-state index contributed by atoms with van der Waals surface area (Å²) in [5, 5.41) is 3.79. The van der Waals surface area contributed by atoms with E-state index < -0.39 is 0 Å². The molecule has 2 aromatic rings. The zero-order chi connectivity index (χ0) is 17.3. The summed E-state index contributed by atoms with van der Waals surface area (Å²) in [5.41, 5.74) is 1.31. The molecule has 0 aliphatic carbocycles. The molecule has 1 aromatic heterocycles. The third-order valence-electron chi connectivity index (χ3n) is 3.75. The van der Waals surface area contributed by atoms with Crippen LogP contribution in [-0.4, -0.2) is 29.9 Å². The second kappa shape index (κ2) is 6.36. The van der Waals surface area contributed by atoms with Crippen LogP contribution in [-0.2, 0) is 6.42 Å². The summed E-state index contributed by atoms with van der Waals surface area (Å²) < 4.78 is 0. The number of hydrogen-bond donors (Lipinski definition) is 1. The summed E-state index contributed by atoms with van der Waals surface area (Å²) in [6.07, 6.45) is 2.48. The van der Waals surface area contributed by atoms with E-state index in [2.05, 4.69) is 31.1 Å². The Balaban J connectivity index is 1.90. The molecule has 0 saturated heterocycles. The van der Waals surface area contributed by atoms with E-state index in [1.165, 1.54) is 11.3 Å². The van der Waals surface area contributed by atoms with Gasteiger partial charge >= 0.3 is 0 Å². The standard InChI is InChI=1S/C18H21N3O2S/c1-18(2,3)10-15-20-11-14(24-15)17(23)21-9-8-19-16(22)12-6-4-5-7-13(12)21/h4-7,11H,8-10H2,1-3H3,(H,19,22). The number of nitrogens with zero attached hydrogens (tertiary/aromatic N) is 2. The molecule has 1 aliphatic rings. The molecule has 2 heterocycles. The van der Waals surface area contributed by atoms with Crippen LogP contribution in [0.3, 0.4) is 0 Å². The third kappa shape index (κ3) is 3.48. The smallest absolute Gasteiger partial charge is 0.270 e. The first kappa shape index (κ1) is 16.6. The number of benzene rings is 1. The Labute approximate surface area is 145 Å². The second-order valence-electron chi connectivity index (χ2n) is 7.09. The molecule has 0 fully saturated rings. The van der Waals surface area contributed by atoms with E-state index in [0.717, 1.165) is 11.4 Å². The van der Waals surface area contributed by atoms with Crippen LogP contribution >= 0.6 is 11.3 Å². The Hall–Kier alpha value is -2.21. The zero-order valence-electron chi connectivity index (χ0n) is 14.1. The molecule has 1 aromatic carbocycles. The van der Waals surface area contributed by atoms with Gasteiger partial charge < -0.3 is 10.2 Å². The van der Waals surface area contributed by atoms with Crippen LogP contribution in [0.5, 0.6) is 0 Å². The Kier molecular flexibility index (Phi) is 4.41. The van der Waals surface area contributed by atoms with Crippen molar-refractivity contribution in [3.8, 4) is 0 Å². The normalized spacial score (nSPS) is 14.8. The van der Waals surface area contributed by atoms with Gasteiger partial charge in [0, 0.05) is 19.5 Å². The van der Waals surface area contributed by atoms with Crippen molar-refractivity contribution in [1.82, 2.24) is 10.3 Å². The van der Waals surface area contributed by atoms with Crippen molar-refractivity contribution in [2.75, 3.05) is 18.0 Å². The molecule has 24 heavy (non-hydrogen) atoms. The minimum Gasteiger partial charge on any atom is -0.350 e. The van der Waals surface area contributed by atoms with Crippen molar-refractivity contribution in [2.45, 2.75) is 27.2 Å². The Morgan fingerprint density at radius 3 is 2.83 bits per heavy atom. The molecule has 5 nitrogen and oxygen atoms in total. The molecular formula is C18H21N3O2S. The minimum absolute atomic E-state index is 0.100. The Morgan fingerprint density at radius 1 is 1.33 bits per heavy atom. The van der Waals surface area contributed by atoms with Crippen molar-refractivity contribution in [1.29, 1.82) is 0 Å². The van der Waals surface area contributed by atoms with Crippen LogP contribution in [0.15, 0.2) is 30.5 Å². The average Bonchev–Trinajstić information content (AvgIpc) is 2.90. The van der Waals surface area contributed by atoms with Crippen molar-refractivity contribution in [3.05, 3.63) is 45.9 Å². The zero-order valence-corrected chi connectivity index (χ0v) is 14.9. The number of aromatic nitrogens is 1. The largest absolute Gasteiger partial charge is 0.350 e. The predicted octanol–water partition coefficient (Wildman–Crippen LogP) is 3.12. The number of anilines is 1. The topological polar surface area (TPSA) is 62.3 Å². The maximum atomic E-state index is 13.0. The fourth-order valence-corrected chi connectivity index (χ4v) is 3.85. The van der Waals surface area contributed by atoms with Gasteiger partial charge in [-0.3, -0.25) is 9.59 Å². The number of amides is 2. The van der Waals surface area contributed by atoms with Crippen LogP contribution in [0.4, 0.5) is 5.69 Å². The lowest BCUT2D eigenvalue weighted by atomic mass is 9.93. The van der Waals surface area contributed by atoms with Crippen molar-refractivity contribution in [3.63, 3.8) is 0 Å². The molecule has 0 radical (unpaired) electrons. The Bertz CT molecular complexity index is 777. The van der Waals surface area contributed by atoms with Crippen LogP contribution in [0.25, 0.3) is 0 Å². The second-order valence-corrected chi connectivity index (χ2v) is 8.20. The van der Waals surface area contributed by atoms with Gasteiger partial charge in [-0.2, -0.15) is 0 Å². The van der Waals surface area contributed by atoms with E-state index in [1.54, 1.807) is 23.2 Å². The van der Waals surface area contributed by atoms with Crippen molar-refractivity contribution in [2.24, 2.45) is 5.41 Å². The highest BCUT2D eigenvalue weighted by molar-refractivity contribution is 7.13. The van der Waals surface area contributed by atoms with Crippen LogP contribution in [0.1, 0.15) is 45.8 Å². The van der Waals surface area contributed by atoms with Gasteiger partial charge in [0.25, 0.3) is 11.8 Å². The van der Waals surface area contributed by atoms with Gasteiger partial charge in [0.15, 0.2) is 0 Å². The van der Waals surface area contributed by atoms with Gasteiger partial charge in [-0.1, -0.05) is 32.9 Å². The molecule has 0 unspecified atom stereocenters. The maximum Gasteiger partial charge on any atom is 0.270 e. The first-order chi connectivity index (χ1) is 11.3. The molecule has 126 valence electrons. The predicted molar refractivity (Wildman–Crippen MR) is 95.7 cm³/mol. The lowest BCUT2D eigenvalue weighted by Gasteiger charge is -2.21. The number of rotatable bonds is 2. The third-order valence-corrected chi connectivity index (χ3v) is 4.74. The summed E-state index contributed by atoms with van der Waals surface area (Å²) in [6.45, 7) is 7.34. The molecule has 2 amide bonds. The molecule has 0 atom stereocenters. The number of thiazole rings is 1. The number of carbonyl (C=O) groups is 2. The van der Waals surface area contributed by atoms with Crippen molar-refractivity contribution >= 4 is 28.8 Å². The Morgan fingerprint density at radius 2 is 2.08 bits per heavy atom. The van der Waals surface area contributed by atoms with E-state index in [0.29, 0.717) is 29.2 Å². The monoisotopic (exact) mass is 343 g/mol. The minimum atomic E-state index is -0.140. The van der Waals surface area contributed by atoms with E-state index >= 15 is 0 Å².